The van der Waals surface area contributed by atoms with Gasteiger partial charge in [-0.25, -0.2) is 0 Å². The second-order valence-electron chi connectivity index (χ2n) is 13.2. The highest BCUT2D eigenvalue weighted by atomic mass is 16.7. The summed E-state index contributed by atoms with van der Waals surface area (Å²) in [6.07, 6.45) is 2.63. The molecule has 15 nitrogen and oxygen atoms in total. The van der Waals surface area contributed by atoms with Crippen molar-refractivity contribution in [2.45, 2.75) is 58.3 Å². The second-order valence-corrected chi connectivity index (χ2v) is 13.2. The van der Waals surface area contributed by atoms with Crippen LogP contribution in [0.5, 0.6) is 0 Å². The molecule has 0 bridgehead atoms. The standard InChI is InChI=1S/C32H52BN7O8/c1-31(2)32(3,4)48-33(47-31)24-40(5,6)14-11-28(41)34-13-16-44-18-20-46-22-21-45-19-17-43-15-12-29(42)35-23-26-7-9-27(10-8-26)30-38-36-25-37-39-30/h7-10,25H,11-24H2,1-6H3,(H-,34,35,41,42)/p+1. The van der Waals surface area contributed by atoms with Gasteiger partial charge in [0.15, 0.2) is 6.33 Å². The van der Waals surface area contributed by atoms with Crippen LogP contribution in [0.1, 0.15) is 46.1 Å². The van der Waals surface area contributed by atoms with Gasteiger partial charge in [-0.2, -0.15) is 0 Å². The first-order valence-electron chi connectivity index (χ1n) is 16.5. The van der Waals surface area contributed by atoms with Gasteiger partial charge in [0.25, 0.3) is 0 Å². The third kappa shape index (κ3) is 14.6. The zero-order valence-corrected chi connectivity index (χ0v) is 29.4. The Kier molecular flexibility index (Phi) is 16.2. The normalized spacial score (nSPS) is 15.4. The molecule has 16 heteroatoms. The molecular weight excluding hydrogens is 621 g/mol. The lowest BCUT2D eigenvalue weighted by molar-refractivity contribution is -0.880. The van der Waals surface area contributed by atoms with Gasteiger partial charge in [0.1, 0.15) is 6.44 Å². The van der Waals surface area contributed by atoms with Crippen LogP contribution in [-0.2, 0) is 44.4 Å². The van der Waals surface area contributed by atoms with Crippen molar-refractivity contribution in [3.8, 4) is 11.4 Å². The molecule has 1 aromatic carbocycles. The number of carbonyl (C=O) groups is 2. The molecule has 48 heavy (non-hydrogen) atoms. The molecule has 2 aromatic rings. The molecule has 1 fully saturated rings. The van der Waals surface area contributed by atoms with Crippen LogP contribution < -0.4 is 10.6 Å². The highest BCUT2D eigenvalue weighted by Crippen LogP contribution is 2.37. The molecule has 0 aliphatic carbocycles. The monoisotopic (exact) mass is 674 g/mol. The topological polar surface area (TPSA) is 165 Å². The van der Waals surface area contributed by atoms with E-state index in [1.54, 1.807) is 0 Å². The average molecular weight is 675 g/mol. The fourth-order valence-corrected chi connectivity index (χ4v) is 4.60. The van der Waals surface area contributed by atoms with Crippen molar-refractivity contribution in [1.29, 1.82) is 0 Å². The van der Waals surface area contributed by atoms with Crippen LogP contribution in [0.3, 0.4) is 0 Å². The van der Waals surface area contributed by atoms with E-state index in [1.807, 2.05) is 52.0 Å². The van der Waals surface area contributed by atoms with Gasteiger partial charge in [-0.3, -0.25) is 9.59 Å². The first kappa shape index (κ1) is 39.3. The summed E-state index contributed by atoms with van der Waals surface area (Å²) in [7, 11) is 3.86. The Balaban J connectivity index is 1.06. The van der Waals surface area contributed by atoms with Gasteiger partial charge in [-0.1, -0.05) is 24.3 Å². The number of aromatic nitrogens is 4. The molecule has 1 aliphatic rings. The Bertz CT molecular complexity index is 1220. The summed E-state index contributed by atoms with van der Waals surface area (Å²) in [5.41, 5.74) is 1.04. The van der Waals surface area contributed by atoms with E-state index in [2.05, 4.69) is 45.1 Å². The van der Waals surface area contributed by atoms with E-state index in [0.717, 1.165) is 11.1 Å². The minimum Gasteiger partial charge on any atom is -0.400 e. The molecule has 1 aliphatic heterocycles. The summed E-state index contributed by atoms with van der Waals surface area (Å²) in [5.74, 6) is 0.351. The Labute approximate surface area is 284 Å². The molecule has 1 saturated heterocycles. The minimum absolute atomic E-state index is 0.00580. The van der Waals surface area contributed by atoms with Gasteiger partial charge < -0.3 is 43.4 Å². The van der Waals surface area contributed by atoms with Crippen molar-refractivity contribution in [2.75, 3.05) is 86.5 Å². The quantitative estimate of drug-likeness (QED) is 0.0986. The van der Waals surface area contributed by atoms with Crippen LogP contribution in [0, 0.1) is 0 Å². The molecule has 0 atom stereocenters. The zero-order chi connectivity index (χ0) is 34.9. The highest BCUT2D eigenvalue weighted by Gasteiger charge is 2.53. The van der Waals surface area contributed by atoms with E-state index in [-0.39, 0.29) is 36.6 Å². The molecule has 1 aromatic heterocycles. The van der Waals surface area contributed by atoms with Gasteiger partial charge in [-0.15, -0.1) is 20.4 Å². The van der Waals surface area contributed by atoms with Gasteiger partial charge in [0.2, 0.25) is 17.6 Å². The van der Waals surface area contributed by atoms with Crippen LogP contribution in [0.25, 0.3) is 11.4 Å². The zero-order valence-electron chi connectivity index (χ0n) is 29.4. The van der Waals surface area contributed by atoms with Crippen molar-refractivity contribution in [2.24, 2.45) is 0 Å². The second kappa shape index (κ2) is 19.8. The number of benzene rings is 1. The number of ether oxygens (including phenoxy) is 4. The fraction of sp³-hybridized carbons (Fsp3) is 0.688. The van der Waals surface area contributed by atoms with Crippen LogP contribution in [-0.4, -0.2) is 141 Å². The van der Waals surface area contributed by atoms with Crippen LogP contribution in [0.15, 0.2) is 30.6 Å². The van der Waals surface area contributed by atoms with E-state index in [4.69, 9.17) is 28.3 Å². The fourth-order valence-electron chi connectivity index (χ4n) is 4.60. The van der Waals surface area contributed by atoms with E-state index >= 15 is 0 Å². The predicted molar refractivity (Wildman–Crippen MR) is 178 cm³/mol. The molecule has 2 heterocycles. The number of carbonyl (C=O) groups excluding carboxylic acids is 2. The van der Waals surface area contributed by atoms with Crippen LogP contribution in [0.2, 0.25) is 0 Å². The number of rotatable bonds is 23. The molecule has 0 radical (unpaired) electrons. The molecule has 2 N–H and O–H groups in total. The third-order valence-corrected chi connectivity index (χ3v) is 8.16. The summed E-state index contributed by atoms with van der Waals surface area (Å²) in [6, 6.07) is 7.52. The van der Waals surface area contributed by atoms with Crippen molar-refractivity contribution < 1.29 is 42.3 Å². The first-order chi connectivity index (χ1) is 22.9. The SMILES string of the molecule is CC1(C)OB(C[N+](C)(C)CCC(=O)NCCOCCOCCOCCOCCC(=O)NCc2ccc(-c3nncnn3)cc2)OC1(C)C. The highest BCUT2D eigenvalue weighted by molar-refractivity contribution is 6.45. The van der Waals surface area contributed by atoms with Gasteiger partial charge in [-0.05, 0) is 33.3 Å². The number of quaternary nitrogens is 1. The maximum Gasteiger partial charge on any atom is 0.517 e. The Morgan fingerprint density at radius 2 is 1.27 bits per heavy atom. The van der Waals surface area contributed by atoms with Crippen LogP contribution >= 0.6 is 0 Å². The lowest BCUT2D eigenvalue weighted by Gasteiger charge is -2.32. The third-order valence-electron chi connectivity index (χ3n) is 8.16. The van der Waals surface area contributed by atoms with E-state index < -0.39 is 0 Å². The summed E-state index contributed by atoms with van der Waals surface area (Å²) in [5, 5.41) is 21.1. The number of nitrogens with one attached hydrogen (secondary N) is 2. The number of hydrogen-bond donors (Lipinski definition) is 2. The molecule has 2 amide bonds. The number of nitrogens with zero attached hydrogens (tertiary/aromatic N) is 5. The van der Waals surface area contributed by atoms with Gasteiger partial charge in [0.05, 0.1) is 91.1 Å². The predicted octanol–water partition coefficient (Wildman–Crippen LogP) is 1.22. The number of hydrogen-bond acceptors (Lipinski definition) is 12. The van der Waals surface area contributed by atoms with Crippen molar-refractivity contribution in [3.63, 3.8) is 0 Å². The molecule has 0 unspecified atom stereocenters. The summed E-state index contributed by atoms with van der Waals surface area (Å²) in [6.45, 7) is 13.0. The Hall–Kier alpha value is -3.12. The first-order valence-corrected chi connectivity index (χ1v) is 16.5. The summed E-state index contributed by atoms with van der Waals surface area (Å²) < 4.78 is 34.8. The number of amides is 2. The lowest BCUT2D eigenvalue weighted by Crippen LogP contribution is -2.50. The molecule has 0 saturated carbocycles. The van der Waals surface area contributed by atoms with E-state index in [0.29, 0.717) is 95.7 Å². The minimum atomic E-state index is -0.360. The Morgan fingerprint density at radius 1 is 0.750 bits per heavy atom. The Morgan fingerprint density at radius 3 is 1.85 bits per heavy atom. The summed E-state index contributed by atoms with van der Waals surface area (Å²) in [4.78, 5) is 24.4. The average Bonchev–Trinajstić information content (AvgIpc) is 3.25. The van der Waals surface area contributed by atoms with Gasteiger partial charge >= 0.3 is 7.12 Å². The lowest BCUT2D eigenvalue weighted by atomic mass is 9.88. The van der Waals surface area contributed by atoms with Crippen LogP contribution in [0.4, 0.5) is 0 Å². The van der Waals surface area contributed by atoms with E-state index in [9.17, 15) is 9.59 Å². The molecule has 0 spiro atoms. The molecular formula is C32H53BN7O8+. The smallest absolute Gasteiger partial charge is 0.400 e. The molecule has 3 rings (SSSR count). The van der Waals surface area contributed by atoms with Crippen molar-refractivity contribution in [3.05, 3.63) is 36.2 Å². The van der Waals surface area contributed by atoms with E-state index in [1.165, 1.54) is 6.33 Å². The maximum atomic E-state index is 12.3. The van der Waals surface area contributed by atoms with Crippen molar-refractivity contribution >= 4 is 18.9 Å². The summed E-state index contributed by atoms with van der Waals surface area (Å²) >= 11 is 0. The largest absolute Gasteiger partial charge is 0.517 e. The van der Waals surface area contributed by atoms with Gasteiger partial charge in [0, 0.05) is 25.1 Å². The molecule has 266 valence electrons. The van der Waals surface area contributed by atoms with Crippen molar-refractivity contribution in [1.82, 2.24) is 31.0 Å². The maximum absolute atomic E-state index is 12.3.